The molecule has 0 atom stereocenters. The van der Waals surface area contributed by atoms with E-state index in [1.807, 2.05) is 24.3 Å². The summed E-state index contributed by atoms with van der Waals surface area (Å²) < 4.78 is 6.17. The van der Waals surface area contributed by atoms with Gasteiger partial charge in [0, 0.05) is 10.9 Å². The largest absolute Gasteiger partial charge is 0.475 e. The molecular weight excluding hydrogens is 272 g/mol. The maximum Gasteiger partial charge on any atom is 0.371 e. The number of hydrogen-bond donors (Lipinski definition) is 1. The second-order valence-corrected chi connectivity index (χ2v) is 4.19. The average molecular weight is 281 g/mol. The highest BCUT2D eigenvalue weighted by molar-refractivity contribution is 9.10. The Balaban J connectivity index is 2.21. The summed E-state index contributed by atoms with van der Waals surface area (Å²) >= 11 is 3.43. The summed E-state index contributed by atoms with van der Waals surface area (Å²) in [6.07, 6.45) is 0.578. The van der Waals surface area contributed by atoms with E-state index in [0.29, 0.717) is 12.2 Å². The van der Waals surface area contributed by atoms with Crippen molar-refractivity contribution < 1.29 is 14.3 Å². The quantitative estimate of drug-likeness (QED) is 0.938. The summed E-state index contributed by atoms with van der Waals surface area (Å²) in [5.41, 5.74) is 1.06. The van der Waals surface area contributed by atoms with Crippen LogP contribution in [0.5, 0.6) is 0 Å². The molecule has 0 aliphatic heterocycles. The maximum atomic E-state index is 10.6. The van der Waals surface area contributed by atoms with Crippen molar-refractivity contribution >= 4 is 21.9 Å². The molecule has 0 saturated carbocycles. The third kappa shape index (κ3) is 2.33. The molecule has 1 N–H and O–H groups in total. The van der Waals surface area contributed by atoms with E-state index in [2.05, 4.69) is 15.9 Å². The lowest BCUT2D eigenvalue weighted by atomic mass is 10.1. The molecule has 0 spiro atoms. The first-order chi connectivity index (χ1) is 7.66. The smallest absolute Gasteiger partial charge is 0.371 e. The fourth-order valence-electron chi connectivity index (χ4n) is 1.42. The number of rotatable bonds is 3. The predicted molar refractivity (Wildman–Crippen MR) is 62.6 cm³/mol. The SMILES string of the molecule is O=C(O)c1ccc(Cc2ccccc2Br)o1. The third-order valence-electron chi connectivity index (χ3n) is 2.19. The number of halogens is 1. The van der Waals surface area contributed by atoms with E-state index < -0.39 is 5.97 Å². The molecule has 3 nitrogen and oxygen atoms in total. The van der Waals surface area contributed by atoms with Crippen molar-refractivity contribution in [2.75, 3.05) is 0 Å². The van der Waals surface area contributed by atoms with Gasteiger partial charge in [-0.2, -0.15) is 0 Å². The van der Waals surface area contributed by atoms with Crippen molar-refractivity contribution in [2.24, 2.45) is 0 Å². The van der Waals surface area contributed by atoms with E-state index >= 15 is 0 Å². The van der Waals surface area contributed by atoms with Crippen LogP contribution in [0.25, 0.3) is 0 Å². The molecule has 1 heterocycles. The Morgan fingerprint density at radius 1 is 1.25 bits per heavy atom. The molecular formula is C12H9BrO3. The Morgan fingerprint density at radius 3 is 2.62 bits per heavy atom. The Hall–Kier alpha value is -1.55. The summed E-state index contributed by atoms with van der Waals surface area (Å²) in [5, 5.41) is 8.72. The zero-order chi connectivity index (χ0) is 11.5. The highest BCUT2D eigenvalue weighted by Gasteiger charge is 2.10. The monoisotopic (exact) mass is 280 g/mol. The van der Waals surface area contributed by atoms with Gasteiger partial charge < -0.3 is 9.52 Å². The maximum absolute atomic E-state index is 10.6. The van der Waals surface area contributed by atoms with Crippen LogP contribution in [0.1, 0.15) is 21.9 Å². The first-order valence-electron chi connectivity index (χ1n) is 4.72. The van der Waals surface area contributed by atoms with Gasteiger partial charge in [0.25, 0.3) is 0 Å². The molecule has 1 aromatic heterocycles. The molecule has 0 bridgehead atoms. The van der Waals surface area contributed by atoms with Crippen LogP contribution in [-0.4, -0.2) is 11.1 Å². The fraction of sp³-hybridized carbons (Fsp3) is 0.0833. The highest BCUT2D eigenvalue weighted by Crippen LogP contribution is 2.20. The van der Waals surface area contributed by atoms with Crippen molar-refractivity contribution in [1.29, 1.82) is 0 Å². The molecule has 0 amide bonds. The first-order valence-corrected chi connectivity index (χ1v) is 5.51. The van der Waals surface area contributed by atoms with Gasteiger partial charge in [0.15, 0.2) is 0 Å². The number of aromatic carboxylic acids is 1. The van der Waals surface area contributed by atoms with Gasteiger partial charge in [0.05, 0.1) is 0 Å². The van der Waals surface area contributed by atoms with Gasteiger partial charge in [-0.3, -0.25) is 0 Å². The summed E-state index contributed by atoms with van der Waals surface area (Å²) in [7, 11) is 0. The van der Waals surface area contributed by atoms with E-state index in [-0.39, 0.29) is 5.76 Å². The molecule has 4 heteroatoms. The average Bonchev–Trinajstić information content (AvgIpc) is 2.70. The highest BCUT2D eigenvalue weighted by atomic mass is 79.9. The minimum atomic E-state index is -1.04. The number of carboxylic acid groups (broad SMARTS) is 1. The van der Waals surface area contributed by atoms with E-state index in [1.165, 1.54) is 6.07 Å². The van der Waals surface area contributed by atoms with Gasteiger partial charge >= 0.3 is 5.97 Å². The molecule has 0 radical (unpaired) electrons. The van der Waals surface area contributed by atoms with Crippen LogP contribution in [-0.2, 0) is 6.42 Å². The normalized spacial score (nSPS) is 10.3. The van der Waals surface area contributed by atoms with E-state index in [9.17, 15) is 4.79 Å². The van der Waals surface area contributed by atoms with Crippen LogP contribution >= 0.6 is 15.9 Å². The van der Waals surface area contributed by atoms with Crippen molar-refractivity contribution in [3.8, 4) is 0 Å². The fourth-order valence-corrected chi connectivity index (χ4v) is 1.84. The van der Waals surface area contributed by atoms with Gasteiger partial charge in [-0.1, -0.05) is 34.1 Å². The molecule has 2 aromatic rings. The van der Waals surface area contributed by atoms with Gasteiger partial charge in [0.1, 0.15) is 5.76 Å². The lowest BCUT2D eigenvalue weighted by Crippen LogP contribution is -1.92. The van der Waals surface area contributed by atoms with Gasteiger partial charge in [0.2, 0.25) is 5.76 Å². The topological polar surface area (TPSA) is 50.4 Å². The Morgan fingerprint density at radius 2 is 2.00 bits per heavy atom. The van der Waals surface area contributed by atoms with Crippen molar-refractivity contribution in [3.05, 3.63) is 58.0 Å². The molecule has 1 aromatic carbocycles. The Bertz CT molecular complexity index is 516. The minimum absolute atomic E-state index is 0.0259. The van der Waals surface area contributed by atoms with Crippen LogP contribution in [0.2, 0.25) is 0 Å². The standard InChI is InChI=1S/C12H9BrO3/c13-10-4-2-1-3-8(10)7-9-5-6-11(16-9)12(14)15/h1-6H,7H2,(H,14,15). The van der Waals surface area contributed by atoms with Crippen LogP contribution < -0.4 is 0 Å². The molecule has 0 fully saturated rings. The van der Waals surface area contributed by atoms with Crippen LogP contribution in [0, 0.1) is 0 Å². The number of benzene rings is 1. The summed E-state index contributed by atoms with van der Waals surface area (Å²) in [6, 6.07) is 10.9. The molecule has 16 heavy (non-hydrogen) atoms. The summed E-state index contributed by atoms with van der Waals surface area (Å²) in [5.74, 6) is -0.426. The molecule has 0 aliphatic rings. The Labute approximate surface area is 101 Å². The zero-order valence-electron chi connectivity index (χ0n) is 8.31. The molecule has 0 unspecified atom stereocenters. The number of carbonyl (C=O) groups is 1. The predicted octanol–water partition coefficient (Wildman–Crippen LogP) is 3.33. The number of hydrogen-bond acceptors (Lipinski definition) is 2. The van der Waals surface area contributed by atoms with E-state index in [1.54, 1.807) is 6.07 Å². The second kappa shape index (κ2) is 4.53. The van der Waals surface area contributed by atoms with Crippen LogP contribution in [0.3, 0.4) is 0 Å². The van der Waals surface area contributed by atoms with E-state index in [4.69, 9.17) is 9.52 Å². The summed E-state index contributed by atoms with van der Waals surface area (Å²) in [6.45, 7) is 0. The van der Waals surface area contributed by atoms with Crippen molar-refractivity contribution in [1.82, 2.24) is 0 Å². The van der Waals surface area contributed by atoms with E-state index in [0.717, 1.165) is 10.0 Å². The van der Waals surface area contributed by atoms with Crippen LogP contribution in [0.4, 0.5) is 0 Å². The molecule has 0 aliphatic carbocycles. The number of carboxylic acids is 1. The number of furan rings is 1. The third-order valence-corrected chi connectivity index (χ3v) is 2.97. The first kappa shape index (κ1) is 11.0. The van der Waals surface area contributed by atoms with Crippen LogP contribution in [0.15, 0.2) is 45.3 Å². The van der Waals surface area contributed by atoms with Crippen molar-refractivity contribution in [3.63, 3.8) is 0 Å². The van der Waals surface area contributed by atoms with Crippen molar-refractivity contribution in [2.45, 2.75) is 6.42 Å². The zero-order valence-corrected chi connectivity index (χ0v) is 9.90. The summed E-state index contributed by atoms with van der Waals surface area (Å²) in [4.78, 5) is 10.6. The Kier molecular flexibility index (Phi) is 3.10. The molecule has 2 rings (SSSR count). The van der Waals surface area contributed by atoms with Gasteiger partial charge in [-0.05, 0) is 23.8 Å². The molecule has 82 valence electrons. The lowest BCUT2D eigenvalue weighted by molar-refractivity contribution is 0.0660. The lowest BCUT2D eigenvalue weighted by Gasteiger charge is -2.00. The second-order valence-electron chi connectivity index (χ2n) is 3.34. The molecule has 0 saturated heterocycles. The van der Waals surface area contributed by atoms with Gasteiger partial charge in [-0.15, -0.1) is 0 Å². The van der Waals surface area contributed by atoms with Gasteiger partial charge in [-0.25, -0.2) is 4.79 Å². The minimum Gasteiger partial charge on any atom is -0.475 e.